The van der Waals surface area contributed by atoms with Crippen LogP contribution in [0.4, 0.5) is 13.2 Å². The fourth-order valence-electron chi connectivity index (χ4n) is 2.61. The van der Waals surface area contributed by atoms with Crippen molar-refractivity contribution in [2.24, 2.45) is 0 Å². The Balaban J connectivity index is 1.74. The molecular weight excluding hydrogens is 303 g/mol. The van der Waals surface area contributed by atoms with Crippen molar-refractivity contribution in [3.05, 3.63) is 28.0 Å². The molecule has 1 aliphatic rings. The third-order valence-electron chi connectivity index (χ3n) is 3.57. The number of likely N-dealkylation sites (tertiary alicyclic amines) is 1. The Hall–Kier alpha value is -1.48. The highest BCUT2D eigenvalue weighted by Crippen LogP contribution is 2.34. The Morgan fingerprint density at radius 3 is 2.86 bits per heavy atom. The van der Waals surface area contributed by atoms with E-state index in [9.17, 15) is 13.2 Å². The predicted octanol–water partition coefficient (Wildman–Crippen LogP) is 3.01. The zero-order chi connectivity index (χ0) is 14.9. The number of aromatic nitrogens is 4. The normalized spacial score (nSPS) is 20.8. The molecule has 0 aliphatic carbocycles. The molecule has 114 valence electrons. The van der Waals surface area contributed by atoms with Crippen LogP contribution in [0.25, 0.3) is 0 Å². The molecule has 2 aromatic heterocycles. The molecule has 2 aromatic rings. The van der Waals surface area contributed by atoms with E-state index in [0.29, 0.717) is 22.9 Å². The zero-order valence-corrected chi connectivity index (χ0v) is 11.9. The maximum atomic E-state index is 12.6. The molecule has 0 aromatic carbocycles. The van der Waals surface area contributed by atoms with Gasteiger partial charge in [0.2, 0.25) is 5.01 Å². The average molecular weight is 317 g/mol. The van der Waals surface area contributed by atoms with Crippen molar-refractivity contribution in [3.8, 4) is 0 Å². The van der Waals surface area contributed by atoms with Gasteiger partial charge >= 0.3 is 6.18 Å². The van der Waals surface area contributed by atoms with Gasteiger partial charge in [0.15, 0.2) is 0 Å². The van der Waals surface area contributed by atoms with E-state index >= 15 is 0 Å². The molecule has 9 heteroatoms. The molecule has 0 spiro atoms. The van der Waals surface area contributed by atoms with Crippen LogP contribution in [0, 0.1) is 0 Å². The first-order valence-corrected chi connectivity index (χ1v) is 7.48. The number of rotatable bonds is 3. The van der Waals surface area contributed by atoms with Gasteiger partial charge in [0, 0.05) is 17.8 Å². The van der Waals surface area contributed by atoms with Crippen LogP contribution < -0.4 is 0 Å². The largest absolute Gasteiger partial charge is 0.445 e. The van der Waals surface area contributed by atoms with Gasteiger partial charge in [0.1, 0.15) is 5.01 Å². The summed E-state index contributed by atoms with van der Waals surface area (Å²) in [7, 11) is 0. The van der Waals surface area contributed by atoms with E-state index in [0.717, 1.165) is 31.4 Å². The van der Waals surface area contributed by atoms with Crippen molar-refractivity contribution in [2.45, 2.75) is 38.0 Å². The lowest BCUT2D eigenvalue weighted by molar-refractivity contribution is -0.138. The summed E-state index contributed by atoms with van der Waals surface area (Å²) in [6.45, 7) is 1.24. The van der Waals surface area contributed by atoms with Crippen LogP contribution in [-0.4, -0.2) is 31.8 Å². The summed E-state index contributed by atoms with van der Waals surface area (Å²) < 4.78 is 37.7. The SMILES string of the molecule is FC(F)(F)c1nnc(CN2CCCCC2c2cn[nH]c2)s1. The molecule has 0 amide bonds. The average Bonchev–Trinajstić information content (AvgIpc) is 3.09. The summed E-state index contributed by atoms with van der Waals surface area (Å²) in [6, 6.07) is 0.177. The minimum Gasteiger partial charge on any atom is -0.289 e. The van der Waals surface area contributed by atoms with E-state index in [2.05, 4.69) is 25.3 Å². The van der Waals surface area contributed by atoms with Crippen LogP contribution in [0.3, 0.4) is 0 Å². The highest BCUT2D eigenvalue weighted by atomic mass is 32.1. The molecule has 3 rings (SSSR count). The summed E-state index contributed by atoms with van der Waals surface area (Å²) >= 11 is 0.620. The quantitative estimate of drug-likeness (QED) is 0.945. The molecule has 1 fully saturated rings. The van der Waals surface area contributed by atoms with Crippen molar-refractivity contribution in [3.63, 3.8) is 0 Å². The van der Waals surface area contributed by atoms with E-state index in [1.165, 1.54) is 0 Å². The molecule has 1 atom stereocenters. The number of aromatic amines is 1. The van der Waals surface area contributed by atoms with E-state index in [1.54, 1.807) is 6.20 Å². The highest BCUT2D eigenvalue weighted by Gasteiger charge is 2.36. The number of nitrogens with zero attached hydrogens (tertiary/aromatic N) is 4. The molecule has 3 heterocycles. The topological polar surface area (TPSA) is 57.7 Å². The molecule has 0 bridgehead atoms. The van der Waals surface area contributed by atoms with Gasteiger partial charge in [-0.25, -0.2) is 0 Å². The second kappa shape index (κ2) is 5.72. The third kappa shape index (κ3) is 3.24. The first kappa shape index (κ1) is 14.5. The molecule has 1 saturated heterocycles. The van der Waals surface area contributed by atoms with Crippen molar-refractivity contribution in [1.29, 1.82) is 0 Å². The molecule has 5 nitrogen and oxygen atoms in total. The molecule has 1 aliphatic heterocycles. The number of alkyl halides is 3. The fourth-order valence-corrected chi connectivity index (χ4v) is 3.34. The maximum Gasteiger partial charge on any atom is 0.445 e. The summed E-state index contributed by atoms with van der Waals surface area (Å²) in [5.41, 5.74) is 1.07. The Labute approximate surface area is 123 Å². The van der Waals surface area contributed by atoms with Gasteiger partial charge in [-0.3, -0.25) is 10.00 Å². The number of piperidine rings is 1. The van der Waals surface area contributed by atoms with E-state index < -0.39 is 11.2 Å². The Bertz CT molecular complexity index is 580. The van der Waals surface area contributed by atoms with Gasteiger partial charge in [-0.2, -0.15) is 18.3 Å². The molecule has 0 saturated carbocycles. The molecule has 1 N–H and O–H groups in total. The summed E-state index contributed by atoms with van der Waals surface area (Å²) in [4.78, 5) is 2.15. The fraction of sp³-hybridized carbons (Fsp3) is 0.583. The number of halogens is 3. The minimum absolute atomic E-state index is 0.177. The molecular formula is C12H14F3N5S. The second-order valence-electron chi connectivity index (χ2n) is 5.01. The van der Waals surface area contributed by atoms with Gasteiger partial charge < -0.3 is 0 Å². The van der Waals surface area contributed by atoms with Gasteiger partial charge in [0.05, 0.1) is 12.7 Å². The number of H-pyrrole nitrogens is 1. The van der Waals surface area contributed by atoms with Crippen LogP contribution in [0.1, 0.15) is 40.9 Å². The predicted molar refractivity (Wildman–Crippen MR) is 70.5 cm³/mol. The Morgan fingerprint density at radius 2 is 2.19 bits per heavy atom. The highest BCUT2D eigenvalue weighted by molar-refractivity contribution is 7.11. The second-order valence-corrected chi connectivity index (χ2v) is 6.07. The first-order valence-electron chi connectivity index (χ1n) is 6.66. The van der Waals surface area contributed by atoms with Gasteiger partial charge in [-0.05, 0) is 19.4 Å². The molecule has 21 heavy (non-hydrogen) atoms. The summed E-state index contributed by atoms with van der Waals surface area (Å²) in [5, 5.41) is 13.2. The van der Waals surface area contributed by atoms with Gasteiger partial charge in [0.25, 0.3) is 0 Å². The number of hydrogen-bond acceptors (Lipinski definition) is 5. The number of nitrogens with one attached hydrogen (secondary N) is 1. The van der Waals surface area contributed by atoms with Crippen LogP contribution in [0.15, 0.2) is 12.4 Å². The van der Waals surface area contributed by atoms with E-state index in [1.807, 2.05) is 6.20 Å². The third-order valence-corrected chi connectivity index (χ3v) is 4.52. The minimum atomic E-state index is -4.41. The lowest BCUT2D eigenvalue weighted by Gasteiger charge is -2.34. The van der Waals surface area contributed by atoms with E-state index in [4.69, 9.17) is 0 Å². The standard InChI is InChI=1S/C12H14F3N5S/c13-12(14,15)11-19-18-10(21-11)7-20-4-2-1-3-9(20)8-5-16-17-6-8/h5-6,9H,1-4,7H2,(H,16,17). The molecule has 0 radical (unpaired) electrons. The number of hydrogen-bond donors (Lipinski definition) is 1. The smallest absolute Gasteiger partial charge is 0.289 e. The lowest BCUT2D eigenvalue weighted by Crippen LogP contribution is -2.32. The Morgan fingerprint density at radius 1 is 1.33 bits per heavy atom. The van der Waals surface area contributed by atoms with Crippen molar-refractivity contribution in [2.75, 3.05) is 6.54 Å². The first-order chi connectivity index (χ1) is 10.0. The van der Waals surface area contributed by atoms with Crippen LogP contribution in [0.5, 0.6) is 0 Å². The van der Waals surface area contributed by atoms with Crippen molar-refractivity contribution >= 4 is 11.3 Å². The van der Waals surface area contributed by atoms with Crippen LogP contribution >= 0.6 is 11.3 Å². The maximum absolute atomic E-state index is 12.6. The van der Waals surface area contributed by atoms with E-state index in [-0.39, 0.29) is 6.04 Å². The molecule has 1 unspecified atom stereocenters. The van der Waals surface area contributed by atoms with Crippen molar-refractivity contribution < 1.29 is 13.2 Å². The monoisotopic (exact) mass is 317 g/mol. The van der Waals surface area contributed by atoms with Gasteiger partial charge in [-0.1, -0.05) is 17.8 Å². The summed E-state index contributed by atoms with van der Waals surface area (Å²) in [5.74, 6) is 0. The Kier molecular flexibility index (Phi) is 3.94. The summed E-state index contributed by atoms with van der Waals surface area (Å²) in [6.07, 6.45) is 2.32. The van der Waals surface area contributed by atoms with Crippen LogP contribution in [-0.2, 0) is 12.7 Å². The lowest BCUT2D eigenvalue weighted by atomic mass is 9.98. The van der Waals surface area contributed by atoms with Gasteiger partial charge in [-0.15, -0.1) is 10.2 Å². The van der Waals surface area contributed by atoms with Crippen LogP contribution in [0.2, 0.25) is 0 Å². The zero-order valence-electron chi connectivity index (χ0n) is 11.1. The van der Waals surface area contributed by atoms with Crippen molar-refractivity contribution in [1.82, 2.24) is 25.3 Å².